The minimum atomic E-state index is -0.195. The standard InChI is InChI=1S/C9H12O3/c1-6(10)9(7(2)11)8-4-3-5-12-8/h3-5H2,1-2H3. The van der Waals surface area contributed by atoms with Gasteiger partial charge in [-0.05, 0) is 20.3 Å². The highest BCUT2D eigenvalue weighted by Gasteiger charge is 2.20. The van der Waals surface area contributed by atoms with Crippen LogP contribution in [0.2, 0.25) is 0 Å². The van der Waals surface area contributed by atoms with Crippen LogP contribution in [0.25, 0.3) is 0 Å². The van der Waals surface area contributed by atoms with Gasteiger partial charge in [-0.25, -0.2) is 0 Å². The summed E-state index contributed by atoms with van der Waals surface area (Å²) in [6.45, 7) is 3.41. The summed E-state index contributed by atoms with van der Waals surface area (Å²) in [6, 6.07) is 0. The summed E-state index contributed by atoms with van der Waals surface area (Å²) in [5.74, 6) is 0.189. The predicted molar refractivity (Wildman–Crippen MR) is 43.6 cm³/mol. The van der Waals surface area contributed by atoms with Gasteiger partial charge >= 0.3 is 0 Å². The molecule has 3 nitrogen and oxygen atoms in total. The SMILES string of the molecule is CC(=O)C(C(C)=O)=C1CCCO1. The Labute approximate surface area is 71.4 Å². The Morgan fingerprint density at radius 3 is 2.17 bits per heavy atom. The molecular weight excluding hydrogens is 156 g/mol. The first-order valence-electron chi connectivity index (χ1n) is 4.00. The van der Waals surface area contributed by atoms with Gasteiger partial charge in [0.25, 0.3) is 0 Å². The van der Waals surface area contributed by atoms with Gasteiger partial charge in [-0.15, -0.1) is 0 Å². The molecule has 0 spiro atoms. The van der Waals surface area contributed by atoms with Crippen LogP contribution in [-0.2, 0) is 14.3 Å². The third kappa shape index (κ3) is 1.72. The molecule has 0 radical (unpaired) electrons. The molecular formula is C9H12O3. The van der Waals surface area contributed by atoms with Crippen LogP contribution >= 0.6 is 0 Å². The number of ketones is 2. The maximum atomic E-state index is 11.0. The molecule has 0 atom stereocenters. The summed E-state index contributed by atoms with van der Waals surface area (Å²) in [6.07, 6.45) is 1.62. The fourth-order valence-corrected chi connectivity index (χ4v) is 1.34. The van der Waals surface area contributed by atoms with Gasteiger partial charge in [0.1, 0.15) is 5.76 Å². The number of Topliss-reactive ketones (excluding diaryl/α,β-unsaturated/α-hetero) is 2. The van der Waals surface area contributed by atoms with Gasteiger partial charge in [0.05, 0.1) is 12.2 Å². The predicted octanol–water partition coefficient (Wildman–Crippen LogP) is 1.23. The Morgan fingerprint density at radius 2 is 1.83 bits per heavy atom. The molecule has 0 unspecified atom stereocenters. The maximum Gasteiger partial charge on any atom is 0.166 e. The third-order valence-electron chi connectivity index (χ3n) is 1.81. The van der Waals surface area contributed by atoms with Gasteiger partial charge in [-0.1, -0.05) is 0 Å². The van der Waals surface area contributed by atoms with E-state index in [0.29, 0.717) is 18.8 Å². The summed E-state index contributed by atoms with van der Waals surface area (Å²) < 4.78 is 5.18. The number of rotatable bonds is 2. The lowest BCUT2D eigenvalue weighted by molar-refractivity contribution is -0.119. The molecule has 1 saturated heterocycles. The molecule has 66 valence electrons. The average Bonchev–Trinajstić information content (AvgIpc) is 2.37. The van der Waals surface area contributed by atoms with E-state index in [0.717, 1.165) is 6.42 Å². The fraction of sp³-hybridized carbons (Fsp3) is 0.556. The first-order valence-corrected chi connectivity index (χ1v) is 4.00. The quantitative estimate of drug-likeness (QED) is 0.354. The molecule has 0 saturated carbocycles. The zero-order valence-corrected chi connectivity index (χ0v) is 7.35. The van der Waals surface area contributed by atoms with Gasteiger partial charge in [0.2, 0.25) is 0 Å². The van der Waals surface area contributed by atoms with E-state index in [1.54, 1.807) is 0 Å². The lowest BCUT2D eigenvalue weighted by Gasteiger charge is -2.03. The van der Waals surface area contributed by atoms with Crippen molar-refractivity contribution < 1.29 is 14.3 Å². The molecule has 0 N–H and O–H groups in total. The molecule has 0 amide bonds. The van der Waals surface area contributed by atoms with E-state index in [-0.39, 0.29) is 17.1 Å². The Morgan fingerprint density at radius 1 is 1.25 bits per heavy atom. The number of hydrogen-bond donors (Lipinski definition) is 0. The number of ether oxygens (including phenoxy) is 1. The minimum absolute atomic E-state index is 0.195. The minimum Gasteiger partial charge on any atom is -0.497 e. The van der Waals surface area contributed by atoms with Crippen LogP contribution < -0.4 is 0 Å². The topological polar surface area (TPSA) is 43.4 Å². The van der Waals surface area contributed by atoms with Crippen LogP contribution in [0.15, 0.2) is 11.3 Å². The Hall–Kier alpha value is -1.12. The lowest BCUT2D eigenvalue weighted by Crippen LogP contribution is -2.09. The summed E-state index contributed by atoms with van der Waals surface area (Å²) in [4.78, 5) is 22.0. The van der Waals surface area contributed by atoms with E-state index >= 15 is 0 Å². The summed E-state index contributed by atoms with van der Waals surface area (Å²) >= 11 is 0. The van der Waals surface area contributed by atoms with Crippen LogP contribution in [0.4, 0.5) is 0 Å². The van der Waals surface area contributed by atoms with Crippen molar-refractivity contribution in [1.82, 2.24) is 0 Å². The lowest BCUT2D eigenvalue weighted by atomic mass is 10.1. The summed E-state index contributed by atoms with van der Waals surface area (Å²) in [5, 5.41) is 0. The Balaban J connectivity index is 2.97. The highest BCUT2D eigenvalue weighted by molar-refractivity contribution is 6.18. The van der Waals surface area contributed by atoms with Crippen molar-refractivity contribution in [2.75, 3.05) is 6.61 Å². The monoisotopic (exact) mass is 168 g/mol. The molecule has 0 aromatic rings. The van der Waals surface area contributed by atoms with E-state index < -0.39 is 0 Å². The third-order valence-corrected chi connectivity index (χ3v) is 1.81. The molecule has 1 heterocycles. The van der Waals surface area contributed by atoms with Gasteiger partial charge in [-0.2, -0.15) is 0 Å². The molecule has 1 fully saturated rings. The van der Waals surface area contributed by atoms with Crippen LogP contribution in [0, 0.1) is 0 Å². The first kappa shape index (κ1) is 8.97. The number of carbonyl (C=O) groups excluding carboxylic acids is 2. The molecule has 0 aromatic carbocycles. The largest absolute Gasteiger partial charge is 0.497 e. The maximum absolute atomic E-state index is 11.0. The van der Waals surface area contributed by atoms with Gasteiger partial charge in [0, 0.05) is 6.42 Å². The highest BCUT2D eigenvalue weighted by Crippen LogP contribution is 2.21. The van der Waals surface area contributed by atoms with Crippen LogP contribution in [-0.4, -0.2) is 18.2 Å². The first-order chi connectivity index (χ1) is 5.63. The van der Waals surface area contributed by atoms with Crippen molar-refractivity contribution in [1.29, 1.82) is 0 Å². The van der Waals surface area contributed by atoms with Crippen molar-refractivity contribution in [2.24, 2.45) is 0 Å². The van der Waals surface area contributed by atoms with Crippen molar-refractivity contribution in [3.8, 4) is 0 Å². The van der Waals surface area contributed by atoms with E-state index in [2.05, 4.69) is 0 Å². The molecule has 0 aromatic heterocycles. The second kappa shape index (κ2) is 3.52. The van der Waals surface area contributed by atoms with Gasteiger partial charge < -0.3 is 4.74 Å². The number of carbonyl (C=O) groups is 2. The van der Waals surface area contributed by atoms with Crippen LogP contribution in [0.5, 0.6) is 0 Å². The van der Waals surface area contributed by atoms with Crippen molar-refractivity contribution in [3.05, 3.63) is 11.3 Å². The van der Waals surface area contributed by atoms with E-state index in [9.17, 15) is 9.59 Å². The fourth-order valence-electron chi connectivity index (χ4n) is 1.34. The summed E-state index contributed by atoms with van der Waals surface area (Å²) in [7, 11) is 0. The number of hydrogen-bond acceptors (Lipinski definition) is 3. The van der Waals surface area contributed by atoms with Crippen molar-refractivity contribution in [2.45, 2.75) is 26.7 Å². The van der Waals surface area contributed by atoms with E-state index in [1.807, 2.05) is 0 Å². The van der Waals surface area contributed by atoms with Gasteiger partial charge in [0.15, 0.2) is 11.6 Å². The van der Waals surface area contributed by atoms with Crippen LogP contribution in [0.3, 0.4) is 0 Å². The normalized spacial score (nSPS) is 15.7. The van der Waals surface area contributed by atoms with Gasteiger partial charge in [-0.3, -0.25) is 9.59 Å². The smallest absolute Gasteiger partial charge is 0.166 e. The molecule has 3 heteroatoms. The van der Waals surface area contributed by atoms with Crippen LogP contribution in [0.1, 0.15) is 26.7 Å². The second-order valence-corrected chi connectivity index (χ2v) is 2.86. The molecule has 1 rings (SSSR count). The molecule has 0 aliphatic carbocycles. The number of allylic oxidation sites excluding steroid dienone is 2. The molecule has 12 heavy (non-hydrogen) atoms. The van der Waals surface area contributed by atoms with Crippen molar-refractivity contribution >= 4 is 11.6 Å². The second-order valence-electron chi connectivity index (χ2n) is 2.86. The summed E-state index contributed by atoms with van der Waals surface area (Å²) in [5.41, 5.74) is 0.243. The van der Waals surface area contributed by atoms with E-state index in [1.165, 1.54) is 13.8 Å². The zero-order valence-electron chi connectivity index (χ0n) is 7.35. The average molecular weight is 168 g/mol. The highest BCUT2D eigenvalue weighted by atomic mass is 16.5. The Bertz CT molecular complexity index is 226. The van der Waals surface area contributed by atoms with Crippen molar-refractivity contribution in [3.63, 3.8) is 0 Å². The zero-order chi connectivity index (χ0) is 9.14. The molecule has 1 aliphatic heterocycles. The van der Waals surface area contributed by atoms with E-state index in [4.69, 9.17) is 4.74 Å². The Kier molecular flexibility index (Phi) is 2.63. The molecule has 0 bridgehead atoms. The molecule has 1 aliphatic rings.